The first-order valence-corrected chi connectivity index (χ1v) is 10.7. The molecule has 0 atom stereocenters. The fourth-order valence-corrected chi connectivity index (χ4v) is 3.20. The molecule has 0 heterocycles. The molecule has 0 saturated heterocycles. The van der Waals surface area contributed by atoms with Gasteiger partial charge < -0.3 is 19.5 Å². The van der Waals surface area contributed by atoms with E-state index in [1.54, 1.807) is 48.5 Å². The third-order valence-corrected chi connectivity index (χ3v) is 5.08. The Morgan fingerprint density at radius 1 is 1.00 bits per heavy atom. The number of ether oxygens (including phenoxy) is 3. The maximum Gasteiger partial charge on any atom is 0.416 e. The van der Waals surface area contributed by atoms with Crippen molar-refractivity contribution in [2.24, 2.45) is 0 Å². The number of nitriles is 1. The number of nitrogens with zero attached hydrogens (tertiary/aromatic N) is 1. The summed E-state index contributed by atoms with van der Waals surface area (Å²) in [6, 6.07) is 17.3. The molecular weight excluding hydrogens is 489 g/mol. The molecule has 10 heteroatoms. The van der Waals surface area contributed by atoms with Crippen molar-refractivity contribution in [3.63, 3.8) is 0 Å². The summed E-state index contributed by atoms with van der Waals surface area (Å²) >= 11 is 0. The third kappa shape index (κ3) is 7.11. The van der Waals surface area contributed by atoms with E-state index in [1.165, 1.54) is 26.4 Å². The lowest BCUT2D eigenvalue weighted by Gasteiger charge is -2.12. The van der Waals surface area contributed by atoms with Gasteiger partial charge in [0, 0.05) is 5.69 Å². The van der Waals surface area contributed by atoms with Gasteiger partial charge >= 0.3 is 12.1 Å². The summed E-state index contributed by atoms with van der Waals surface area (Å²) in [4.78, 5) is 24.0. The monoisotopic (exact) mass is 510 g/mol. The zero-order chi connectivity index (χ0) is 27.0. The predicted octanol–water partition coefficient (Wildman–Crippen LogP) is 5.63. The Morgan fingerprint density at radius 2 is 1.73 bits per heavy atom. The minimum absolute atomic E-state index is 0.0954. The number of hydrogen-bond acceptors (Lipinski definition) is 6. The van der Waals surface area contributed by atoms with Crippen molar-refractivity contribution in [2.45, 2.75) is 12.8 Å². The summed E-state index contributed by atoms with van der Waals surface area (Å²) < 4.78 is 54.6. The normalized spacial score (nSPS) is 11.3. The van der Waals surface area contributed by atoms with Crippen molar-refractivity contribution in [3.05, 3.63) is 94.6 Å². The van der Waals surface area contributed by atoms with Crippen LogP contribution in [-0.4, -0.2) is 26.1 Å². The summed E-state index contributed by atoms with van der Waals surface area (Å²) in [5.74, 6) is -0.589. The molecule has 1 N–H and O–H groups in total. The van der Waals surface area contributed by atoms with Gasteiger partial charge in [-0.3, -0.25) is 4.79 Å². The van der Waals surface area contributed by atoms with Crippen LogP contribution in [0.15, 0.2) is 72.3 Å². The highest BCUT2D eigenvalue weighted by Crippen LogP contribution is 2.31. The number of esters is 1. The Bertz CT molecular complexity index is 1360. The van der Waals surface area contributed by atoms with Crippen molar-refractivity contribution < 1.29 is 37.0 Å². The molecule has 0 radical (unpaired) electrons. The number of rotatable bonds is 8. The SMILES string of the molecule is COC(=O)c1ccc(COc2ccc(/C=C(/C#N)C(=O)Nc3cccc(C(F)(F)F)c3)cc2OC)cc1. The van der Waals surface area contributed by atoms with E-state index in [0.717, 1.165) is 23.8 Å². The number of alkyl halides is 3. The lowest BCUT2D eigenvalue weighted by atomic mass is 10.1. The first kappa shape index (κ1) is 26.8. The average Bonchev–Trinajstić information content (AvgIpc) is 2.90. The molecule has 0 bridgehead atoms. The van der Waals surface area contributed by atoms with Gasteiger partial charge in [0.2, 0.25) is 0 Å². The number of nitrogens with one attached hydrogen (secondary N) is 1. The maximum atomic E-state index is 12.9. The van der Waals surface area contributed by atoms with Gasteiger partial charge in [-0.05, 0) is 59.7 Å². The lowest BCUT2D eigenvalue weighted by Crippen LogP contribution is -2.14. The molecule has 0 aliphatic carbocycles. The van der Waals surface area contributed by atoms with E-state index in [4.69, 9.17) is 9.47 Å². The molecule has 3 aromatic rings. The largest absolute Gasteiger partial charge is 0.493 e. The fraction of sp³-hybridized carbons (Fsp3) is 0.148. The number of carbonyl (C=O) groups excluding carboxylic acids is 2. The van der Waals surface area contributed by atoms with E-state index >= 15 is 0 Å². The lowest BCUT2D eigenvalue weighted by molar-refractivity contribution is -0.137. The van der Waals surface area contributed by atoms with Crippen molar-refractivity contribution >= 4 is 23.6 Å². The van der Waals surface area contributed by atoms with Gasteiger partial charge in [0.15, 0.2) is 11.5 Å². The smallest absolute Gasteiger partial charge is 0.416 e. The van der Waals surface area contributed by atoms with Gasteiger partial charge in [-0.25, -0.2) is 4.79 Å². The molecule has 7 nitrogen and oxygen atoms in total. The number of halogens is 3. The zero-order valence-corrected chi connectivity index (χ0v) is 19.8. The minimum Gasteiger partial charge on any atom is -0.493 e. The number of benzene rings is 3. The van der Waals surface area contributed by atoms with Crippen LogP contribution < -0.4 is 14.8 Å². The highest BCUT2D eigenvalue weighted by Gasteiger charge is 2.30. The highest BCUT2D eigenvalue weighted by atomic mass is 19.4. The highest BCUT2D eigenvalue weighted by molar-refractivity contribution is 6.09. The molecule has 0 aliphatic rings. The van der Waals surface area contributed by atoms with E-state index < -0.39 is 23.6 Å². The second-order valence-electron chi connectivity index (χ2n) is 7.59. The molecule has 0 saturated carbocycles. The summed E-state index contributed by atoms with van der Waals surface area (Å²) in [6.45, 7) is 0.176. The van der Waals surface area contributed by atoms with E-state index in [9.17, 15) is 28.0 Å². The first-order chi connectivity index (χ1) is 17.6. The number of amides is 1. The first-order valence-electron chi connectivity index (χ1n) is 10.7. The van der Waals surface area contributed by atoms with Crippen molar-refractivity contribution in [1.82, 2.24) is 0 Å². The molecule has 190 valence electrons. The van der Waals surface area contributed by atoms with Crippen LogP contribution in [-0.2, 0) is 22.3 Å². The Kier molecular flexibility index (Phi) is 8.53. The average molecular weight is 510 g/mol. The number of carbonyl (C=O) groups is 2. The number of anilines is 1. The van der Waals surface area contributed by atoms with Crippen LogP contribution >= 0.6 is 0 Å². The Morgan fingerprint density at radius 3 is 2.35 bits per heavy atom. The van der Waals surface area contributed by atoms with Gasteiger partial charge in [0.1, 0.15) is 18.2 Å². The maximum absolute atomic E-state index is 12.9. The Labute approximate surface area is 210 Å². The van der Waals surface area contributed by atoms with Crippen LogP contribution in [0.2, 0.25) is 0 Å². The van der Waals surface area contributed by atoms with Crippen LogP contribution in [0.5, 0.6) is 11.5 Å². The van der Waals surface area contributed by atoms with Crippen LogP contribution in [0, 0.1) is 11.3 Å². The second-order valence-corrected chi connectivity index (χ2v) is 7.59. The minimum atomic E-state index is -4.57. The van der Waals surface area contributed by atoms with Gasteiger partial charge in [-0.15, -0.1) is 0 Å². The van der Waals surface area contributed by atoms with Crippen LogP contribution in [0.25, 0.3) is 6.08 Å². The van der Waals surface area contributed by atoms with E-state index in [-0.39, 0.29) is 17.9 Å². The van der Waals surface area contributed by atoms with Gasteiger partial charge in [-0.2, -0.15) is 18.4 Å². The van der Waals surface area contributed by atoms with Gasteiger partial charge in [-0.1, -0.05) is 24.3 Å². The van der Waals surface area contributed by atoms with Gasteiger partial charge in [0.05, 0.1) is 25.3 Å². The van der Waals surface area contributed by atoms with E-state index in [0.29, 0.717) is 22.6 Å². The summed E-state index contributed by atoms with van der Waals surface area (Å²) in [5.41, 5.74) is 0.290. The molecule has 0 unspecified atom stereocenters. The molecule has 0 aliphatic heterocycles. The van der Waals surface area contributed by atoms with Crippen LogP contribution in [0.4, 0.5) is 18.9 Å². The molecular formula is C27H21F3N2O5. The molecule has 37 heavy (non-hydrogen) atoms. The molecule has 3 rings (SSSR count). The van der Waals surface area contributed by atoms with Crippen molar-refractivity contribution in [1.29, 1.82) is 5.26 Å². The summed E-state index contributed by atoms with van der Waals surface area (Å²) in [6.07, 6.45) is -3.29. The standard InChI is InChI=1S/C27H21F3N2O5/c1-35-24-13-18(8-11-23(24)37-16-17-6-9-19(10-7-17)26(34)36-2)12-20(15-31)25(33)32-22-5-3-4-21(14-22)27(28,29)30/h3-14H,16H2,1-2H3,(H,32,33)/b20-12-. The molecule has 0 aromatic heterocycles. The molecule has 0 fully saturated rings. The molecule has 0 spiro atoms. The van der Waals surface area contributed by atoms with Crippen LogP contribution in [0.1, 0.15) is 27.0 Å². The topological polar surface area (TPSA) is 97.7 Å². The Hall–Kier alpha value is -4.78. The second kappa shape index (κ2) is 11.8. The summed E-state index contributed by atoms with van der Waals surface area (Å²) in [5, 5.41) is 11.7. The van der Waals surface area contributed by atoms with Gasteiger partial charge in [0.25, 0.3) is 5.91 Å². The van der Waals surface area contributed by atoms with Crippen molar-refractivity contribution in [3.8, 4) is 17.6 Å². The van der Waals surface area contributed by atoms with Crippen molar-refractivity contribution in [2.75, 3.05) is 19.5 Å². The summed E-state index contributed by atoms with van der Waals surface area (Å²) in [7, 11) is 2.72. The van der Waals surface area contributed by atoms with E-state index in [1.807, 2.05) is 0 Å². The quantitative estimate of drug-likeness (QED) is 0.240. The predicted molar refractivity (Wildman–Crippen MR) is 129 cm³/mol. The number of methoxy groups -OCH3 is 2. The molecule has 3 aromatic carbocycles. The van der Waals surface area contributed by atoms with Crippen LogP contribution in [0.3, 0.4) is 0 Å². The fourth-order valence-electron chi connectivity index (χ4n) is 3.20. The van der Waals surface area contributed by atoms with E-state index in [2.05, 4.69) is 10.1 Å². The Balaban J connectivity index is 1.72. The number of hydrogen-bond donors (Lipinski definition) is 1. The third-order valence-electron chi connectivity index (χ3n) is 5.08. The zero-order valence-electron chi connectivity index (χ0n) is 19.8. The molecule has 1 amide bonds.